The fourth-order valence-corrected chi connectivity index (χ4v) is 4.02. The van der Waals surface area contributed by atoms with Crippen LogP contribution in [0.5, 0.6) is 0 Å². The van der Waals surface area contributed by atoms with E-state index in [0.29, 0.717) is 17.5 Å². The molecule has 1 aliphatic heterocycles. The standard InChI is InChI=1S/C23H19F9N2O2/c1-12-6-13(4-5-17(12)19(2,3)33-11-35)18-10-20(36-34-18,23(30,31)32)14-7-15(21(24,25)26)9-16(8-14)22(27,28)29/h4-9,11H,10H2,1-3H3,(H,33,35). The van der Waals surface area contributed by atoms with Gasteiger partial charge in [0.05, 0.1) is 22.4 Å². The second kappa shape index (κ2) is 8.70. The van der Waals surface area contributed by atoms with Gasteiger partial charge in [0.2, 0.25) is 6.41 Å². The molecule has 4 nitrogen and oxygen atoms in total. The van der Waals surface area contributed by atoms with Crippen molar-refractivity contribution < 1.29 is 49.1 Å². The minimum atomic E-state index is -5.42. The summed E-state index contributed by atoms with van der Waals surface area (Å²) < 4.78 is 122. The number of carbonyl (C=O) groups is 1. The van der Waals surface area contributed by atoms with Crippen LogP contribution in [0.2, 0.25) is 0 Å². The van der Waals surface area contributed by atoms with Gasteiger partial charge in [-0.2, -0.15) is 39.5 Å². The highest BCUT2D eigenvalue weighted by Crippen LogP contribution is 2.51. The zero-order valence-corrected chi connectivity index (χ0v) is 18.9. The van der Waals surface area contributed by atoms with Crippen molar-refractivity contribution in [1.29, 1.82) is 0 Å². The predicted octanol–water partition coefficient (Wildman–Crippen LogP) is 6.60. The molecule has 0 bridgehead atoms. The quantitative estimate of drug-likeness (QED) is 0.353. The molecule has 1 N–H and O–H groups in total. The third kappa shape index (κ3) is 5.00. The van der Waals surface area contributed by atoms with Gasteiger partial charge in [-0.3, -0.25) is 4.79 Å². The molecule has 1 aliphatic rings. The maximum Gasteiger partial charge on any atom is 0.435 e. The van der Waals surface area contributed by atoms with Crippen LogP contribution in [0.4, 0.5) is 39.5 Å². The van der Waals surface area contributed by atoms with Crippen LogP contribution in [0.3, 0.4) is 0 Å². The van der Waals surface area contributed by atoms with Gasteiger partial charge in [0.25, 0.3) is 5.60 Å². The van der Waals surface area contributed by atoms with Crippen molar-refractivity contribution in [3.8, 4) is 0 Å². The molecular weight excluding hydrogens is 507 g/mol. The number of nitrogens with one attached hydrogen (secondary N) is 1. The van der Waals surface area contributed by atoms with Gasteiger partial charge < -0.3 is 10.2 Å². The summed E-state index contributed by atoms with van der Waals surface area (Å²) in [5.74, 6) is 0. The van der Waals surface area contributed by atoms with E-state index in [-0.39, 0.29) is 29.5 Å². The van der Waals surface area contributed by atoms with Crippen LogP contribution >= 0.6 is 0 Å². The van der Waals surface area contributed by atoms with Gasteiger partial charge in [0, 0.05) is 12.0 Å². The number of alkyl halides is 9. The Bertz CT molecular complexity index is 1170. The first-order chi connectivity index (χ1) is 16.3. The Labute approximate surface area is 199 Å². The Balaban J connectivity index is 2.10. The molecule has 0 aromatic heterocycles. The summed E-state index contributed by atoms with van der Waals surface area (Å²) in [5.41, 5.74) is -8.64. The first-order valence-corrected chi connectivity index (χ1v) is 10.3. The van der Waals surface area contributed by atoms with E-state index in [9.17, 15) is 44.3 Å². The summed E-state index contributed by atoms with van der Waals surface area (Å²) in [6, 6.07) is 4.04. The second-order valence-corrected chi connectivity index (χ2v) is 8.84. The van der Waals surface area contributed by atoms with E-state index >= 15 is 0 Å². The number of hydrogen-bond donors (Lipinski definition) is 1. The van der Waals surface area contributed by atoms with E-state index < -0.39 is 52.8 Å². The van der Waals surface area contributed by atoms with E-state index in [0.717, 1.165) is 0 Å². The molecule has 2 aromatic rings. The Morgan fingerprint density at radius 3 is 1.92 bits per heavy atom. The van der Waals surface area contributed by atoms with Gasteiger partial charge in [-0.05, 0) is 61.7 Å². The Kier molecular flexibility index (Phi) is 6.61. The molecule has 1 atom stereocenters. The van der Waals surface area contributed by atoms with Crippen molar-refractivity contribution in [3.05, 3.63) is 69.8 Å². The number of halogens is 9. The van der Waals surface area contributed by atoms with Crippen molar-refractivity contribution >= 4 is 12.1 Å². The number of carbonyl (C=O) groups excluding carboxylic acids is 1. The largest absolute Gasteiger partial charge is 0.435 e. The molecular formula is C23H19F9N2O2. The number of aryl methyl sites for hydroxylation is 1. The highest BCUT2D eigenvalue weighted by Gasteiger charge is 2.63. The molecule has 2 aromatic carbocycles. The van der Waals surface area contributed by atoms with Crippen molar-refractivity contribution in [1.82, 2.24) is 5.32 Å². The molecule has 1 unspecified atom stereocenters. The van der Waals surface area contributed by atoms with Gasteiger partial charge in [-0.25, -0.2) is 0 Å². The number of hydrogen-bond acceptors (Lipinski definition) is 3. The van der Waals surface area contributed by atoms with Crippen molar-refractivity contribution in [2.45, 2.75) is 56.9 Å². The fraction of sp³-hybridized carbons (Fsp3) is 0.391. The predicted molar refractivity (Wildman–Crippen MR) is 110 cm³/mol. The van der Waals surface area contributed by atoms with Crippen molar-refractivity contribution in [2.75, 3.05) is 0 Å². The van der Waals surface area contributed by atoms with Crippen LogP contribution in [0.1, 0.15) is 53.6 Å². The van der Waals surface area contributed by atoms with E-state index in [4.69, 9.17) is 0 Å². The van der Waals surface area contributed by atoms with Gasteiger partial charge in [-0.1, -0.05) is 17.3 Å². The highest BCUT2D eigenvalue weighted by molar-refractivity contribution is 6.02. The van der Waals surface area contributed by atoms with Gasteiger partial charge in [0.1, 0.15) is 0 Å². The number of oxime groups is 1. The second-order valence-electron chi connectivity index (χ2n) is 8.84. The fourth-order valence-electron chi connectivity index (χ4n) is 4.02. The third-order valence-electron chi connectivity index (χ3n) is 5.89. The summed E-state index contributed by atoms with van der Waals surface area (Å²) >= 11 is 0. The minimum absolute atomic E-state index is 0.0108. The zero-order chi connectivity index (χ0) is 27.3. The molecule has 0 aliphatic carbocycles. The lowest BCUT2D eigenvalue weighted by Crippen LogP contribution is -2.43. The van der Waals surface area contributed by atoms with Crippen LogP contribution in [0, 0.1) is 6.92 Å². The summed E-state index contributed by atoms with van der Waals surface area (Å²) in [5, 5.41) is 6.01. The molecule has 1 amide bonds. The molecule has 13 heteroatoms. The number of amides is 1. The molecule has 0 fully saturated rings. The summed E-state index contributed by atoms with van der Waals surface area (Å²) in [6.07, 6.45) is -16.8. The monoisotopic (exact) mass is 526 g/mol. The summed E-state index contributed by atoms with van der Waals surface area (Å²) in [6.45, 7) is 4.98. The first-order valence-electron chi connectivity index (χ1n) is 10.3. The summed E-state index contributed by atoms with van der Waals surface area (Å²) in [4.78, 5) is 15.5. The normalized spacial score (nSPS) is 19.1. The lowest BCUT2D eigenvalue weighted by molar-refractivity contribution is -0.276. The van der Waals surface area contributed by atoms with E-state index in [1.807, 2.05) is 0 Å². The molecule has 3 rings (SSSR count). The SMILES string of the molecule is Cc1cc(C2=NOC(c3cc(C(F)(F)F)cc(C(F)(F)F)c3)(C(F)(F)F)C2)ccc1C(C)(C)NC=O. The molecule has 1 heterocycles. The Morgan fingerprint density at radius 2 is 1.47 bits per heavy atom. The lowest BCUT2D eigenvalue weighted by atomic mass is 9.83. The molecule has 0 saturated heterocycles. The van der Waals surface area contributed by atoms with Crippen LogP contribution in [0.15, 0.2) is 41.6 Å². The Morgan fingerprint density at radius 1 is 0.917 bits per heavy atom. The number of benzene rings is 2. The number of rotatable bonds is 5. The van der Waals surface area contributed by atoms with Crippen LogP contribution in [-0.2, 0) is 33.1 Å². The van der Waals surface area contributed by atoms with Crippen molar-refractivity contribution in [3.63, 3.8) is 0 Å². The molecule has 36 heavy (non-hydrogen) atoms. The molecule has 0 spiro atoms. The smallest absolute Gasteiger partial charge is 0.374 e. The maximum absolute atomic E-state index is 14.2. The van der Waals surface area contributed by atoms with E-state index in [2.05, 4.69) is 15.3 Å². The Hall–Kier alpha value is -3.25. The number of nitrogens with zero attached hydrogens (tertiary/aromatic N) is 1. The minimum Gasteiger partial charge on any atom is -0.374 e. The summed E-state index contributed by atoms with van der Waals surface area (Å²) in [7, 11) is 0. The van der Waals surface area contributed by atoms with Gasteiger partial charge >= 0.3 is 18.5 Å². The molecule has 196 valence electrons. The average molecular weight is 526 g/mol. The topological polar surface area (TPSA) is 50.7 Å². The van der Waals surface area contributed by atoms with E-state index in [1.54, 1.807) is 20.8 Å². The first kappa shape index (κ1) is 27.3. The zero-order valence-electron chi connectivity index (χ0n) is 18.9. The van der Waals surface area contributed by atoms with Crippen LogP contribution in [0.25, 0.3) is 0 Å². The highest BCUT2D eigenvalue weighted by atomic mass is 19.4. The van der Waals surface area contributed by atoms with Crippen LogP contribution < -0.4 is 5.32 Å². The maximum atomic E-state index is 14.2. The lowest BCUT2D eigenvalue weighted by Gasteiger charge is -2.30. The van der Waals surface area contributed by atoms with Gasteiger partial charge in [0.15, 0.2) is 0 Å². The van der Waals surface area contributed by atoms with E-state index in [1.165, 1.54) is 18.2 Å². The van der Waals surface area contributed by atoms with Crippen LogP contribution in [-0.4, -0.2) is 18.3 Å². The van der Waals surface area contributed by atoms with Gasteiger partial charge in [-0.15, -0.1) is 0 Å². The van der Waals surface area contributed by atoms with Crippen molar-refractivity contribution in [2.24, 2.45) is 5.16 Å². The molecule has 0 radical (unpaired) electrons. The molecule has 0 saturated carbocycles. The average Bonchev–Trinajstić information content (AvgIpc) is 3.19. The third-order valence-corrected chi connectivity index (χ3v) is 5.89.